The van der Waals surface area contributed by atoms with E-state index < -0.39 is 5.75 Å². The summed E-state index contributed by atoms with van der Waals surface area (Å²) in [6.45, 7) is 1.71. The molecular weight excluding hydrogens is 176 g/mol. The molecule has 1 aromatic carbocycles. The van der Waals surface area contributed by atoms with Crippen LogP contribution in [0.2, 0.25) is 0 Å². The highest BCUT2D eigenvalue weighted by molar-refractivity contribution is 7.79. The molecule has 0 aliphatic carbocycles. The lowest BCUT2D eigenvalue weighted by molar-refractivity contribution is 0.367. The molecule has 0 aliphatic heterocycles. The maximum atomic E-state index is 8.87. The Morgan fingerprint density at radius 2 is 1.33 bits per heavy atom. The lowest BCUT2D eigenvalue weighted by atomic mass is 10.2. The van der Waals surface area contributed by atoms with Gasteiger partial charge in [-0.05, 0) is 30.9 Å². The molecule has 0 spiro atoms. The van der Waals surface area contributed by atoms with E-state index in [1.807, 2.05) is 0 Å². The molecular formula is C8H12O3S. The van der Waals surface area contributed by atoms with Crippen LogP contribution in [0.4, 0.5) is 0 Å². The Kier molecular flexibility index (Phi) is 4.36. The van der Waals surface area contributed by atoms with E-state index in [2.05, 4.69) is 12.6 Å². The van der Waals surface area contributed by atoms with Gasteiger partial charge in [0.15, 0.2) is 17.2 Å². The zero-order valence-corrected chi connectivity index (χ0v) is 7.84. The summed E-state index contributed by atoms with van der Waals surface area (Å²) in [5, 5.41) is 26.6. The van der Waals surface area contributed by atoms with Crippen molar-refractivity contribution >= 4 is 12.6 Å². The van der Waals surface area contributed by atoms with Gasteiger partial charge in [-0.1, -0.05) is 0 Å². The monoisotopic (exact) mass is 188 g/mol. The second-order valence-corrected chi connectivity index (χ2v) is 2.15. The van der Waals surface area contributed by atoms with Crippen molar-refractivity contribution < 1.29 is 15.3 Å². The van der Waals surface area contributed by atoms with Gasteiger partial charge < -0.3 is 15.3 Å². The Morgan fingerprint density at radius 3 is 1.67 bits per heavy atom. The van der Waals surface area contributed by atoms with Gasteiger partial charge in [-0.15, -0.1) is 0 Å². The van der Waals surface area contributed by atoms with Crippen LogP contribution < -0.4 is 0 Å². The van der Waals surface area contributed by atoms with Crippen molar-refractivity contribution in [1.82, 2.24) is 0 Å². The van der Waals surface area contributed by atoms with Crippen molar-refractivity contribution in [3.63, 3.8) is 0 Å². The standard InChI is InChI=1S/C7H8O3.CH4S/c1-4-2-5(8)7(10)6(9)3-4;1-2/h2-3,8-10H,1H3;2H,1H3. The number of phenolic OH excluding ortho intramolecular Hbond substituents is 3. The summed E-state index contributed by atoms with van der Waals surface area (Å²) in [7, 11) is 0. The first kappa shape index (κ1) is 11.0. The molecule has 0 aromatic heterocycles. The first-order chi connectivity index (χ1) is 5.61. The van der Waals surface area contributed by atoms with Crippen molar-refractivity contribution in [2.45, 2.75) is 6.92 Å². The van der Waals surface area contributed by atoms with E-state index >= 15 is 0 Å². The van der Waals surface area contributed by atoms with Gasteiger partial charge in [-0.2, -0.15) is 12.6 Å². The maximum absolute atomic E-state index is 8.87. The summed E-state index contributed by atoms with van der Waals surface area (Å²) in [5.41, 5.74) is 0.702. The molecule has 68 valence electrons. The minimum atomic E-state index is -0.467. The Hall–Kier alpha value is -1.03. The molecule has 12 heavy (non-hydrogen) atoms. The largest absolute Gasteiger partial charge is 0.504 e. The molecule has 4 heteroatoms. The van der Waals surface area contributed by atoms with Crippen molar-refractivity contribution in [3.8, 4) is 17.2 Å². The SMILES string of the molecule is CS.Cc1cc(O)c(O)c(O)c1. The zero-order chi connectivity index (χ0) is 9.72. The van der Waals surface area contributed by atoms with Gasteiger partial charge in [0, 0.05) is 0 Å². The predicted octanol–water partition coefficient (Wildman–Crippen LogP) is 1.66. The number of aromatic hydroxyl groups is 3. The Labute approximate surface area is 76.7 Å². The van der Waals surface area contributed by atoms with Crippen LogP contribution in [0, 0.1) is 6.92 Å². The van der Waals surface area contributed by atoms with E-state index in [0.717, 1.165) is 0 Å². The smallest absolute Gasteiger partial charge is 0.200 e. The quantitative estimate of drug-likeness (QED) is 0.370. The highest BCUT2D eigenvalue weighted by atomic mass is 32.1. The molecule has 0 atom stereocenters. The highest BCUT2D eigenvalue weighted by Crippen LogP contribution is 2.34. The number of phenols is 3. The molecule has 0 fully saturated rings. The lowest BCUT2D eigenvalue weighted by Crippen LogP contribution is -1.74. The van der Waals surface area contributed by atoms with Gasteiger partial charge in [-0.3, -0.25) is 0 Å². The fraction of sp³-hybridized carbons (Fsp3) is 0.250. The summed E-state index contributed by atoms with van der Waals surface area (Å²) in [6.07, 6.45) is 1.69. The lowest BCUT2D eigenvalue weighted by Gasteiger charge is -2.00. The zero-order valence-electron chi connectivity index (χ0n) is 6.94. The van der Waals surface area contributed by atoms with Gasteiger partial charge in [-0.25, -0.2) is 0 Å². The van der Waals surface area contributed by atoms with Crippen LogP contribution in [-0.4, -0.2) is 21.6 Å². The van der Waals surface area contributed by atoms with Crippen molar-refractivity contribution in [2.75, 3.05) is 6.26 Å². The normalized spacial score (nSPS) is 8.58. The maximum Gasteiger partial charge on any atom is 0.200 e. The molecule has 1 aromatic rings. The Bertz CT molecular complexity index is 237. The van der Waals surface area contributed by atoms with Crippen LogP contribution in [0.5, 0.6) is 17.2 Å². The van der Waals surface area contributed by atoms with Crippen molar-refractivity contribution in [1.29, 1.82) is 0 Å². The van der Waals surface area contributed by atoms with E-state index in [0.29, 0.717) is 5.56 Å². The molecule has 3 nitrogen and oxygen atoms in total. The molecule has 0 saturated carbocycles. The number of hydrogen-bond acceptors (Lipinski definition) is 4. The molecule has 0 saturated heterocycles. The molecule has 0 aliphatic rings. The van der Waals surface area contributed by atoms with Crippen LogP contribution in [0.3, 0.4) is 0 Å². The van der Waals surface area contributed by atoms with Crippen molar-refractivity contribution in [3.05, 3.63) is 17.7 Å². The van der Waals surface area contributed by atoms with Gasteiger partial charge in [0.25, 0.3) is 0 Å². The Morgan fingerprint density at radius 1 is 1.00 bits per heavy atom. The van der Waals surface area contributed by atoms with Gasteiger partial charge >= 0.3 is 0 Å². The summed E-state index contributed by atoms with van der Waals surface area (Å²) >= 11 is 3.53. The minimum Gasteiger partial charge on any atom is -0.504 e. The summed E-state index contributed by atoms with van der Waals surface area (Å²) in [6, 6.07) is 2.74. The van der Waals surface area contributed by atoms with Crippen LogP contribution in [0.1, 0.15) is 5.56 Å². The minimum absolute atomic E-state index is 0.294. The molecule has 0 unspecified atom stereocenters. The third-order valence-electron chi connectivity index (χ3n) is 1.21. The summed E-state index contributed by atoms with van der Waals surface area (Å²) in [4.78, 5) is 0. The molecule has 3 N–H and O–H groups in total. The van der Waals surface area contributed by atoms with E-state index in [1.165, 1.54) is 12.1 Å². The molecule has 0 radical (unpaired) electrons. The highest BCUT2D eigenvalue weighted by Gasteiger charge is 2.04. The fourth-order valence-corrected chi connectivity index (χ4v) is 0.741. The first-order valence-electron chi connectivity index (χ1n) is 3.27. The topological polar surface area (TPSA) is 60.7 Å². The molecule has 1 rings (SSSR count). The number of thiol groups is 1. The molecule has 0 heterocycles. The van der Waals surface area contributed by atoms with Crippen LogP contribution >= 0.6 is 12.6 Å². The first-order valence-corrected chi connectivity index (χ1v) is 4.17. The van der Waals surface area contributed by atoms with E-state index in [9.17, 15) is 0 Å². The van der Waals surface area contributed by atoms with Crippen molar-refractivity contribution in [2.24, 2.45) is 0 Å². The average Bonchev–Trinajstić information content (AvgIpc) is 2.04. The fourth-order valence-electron chi connectivity index (χ4n) is 0.741. The predicted molar refractivity (Wildman–Crippen MR) is 51.1 cm³/mol. The average molecular weight is 188 g/mol. The van der Waals surface area contributed by atoms with Crippen LogP contribution in [-0.2, 0) is 0 Å². The number of rotatable bonds is 0. The Balaban J connectivity index is 0.000000561. The van der Waals surface area contributed by atoms with E-state index in [1.54, 1.807) is 13.2 Å². The second kappa shape index (κ2) is 4.77. The number of benzene rings is 1. The van der Waals surface area contributed by atoms with Crippen LogP contribution in [0.25, 0.3) is 0 Å². The molecule has 0 bridgehead atoms. The summed E-state index contributed by atoms with van der Waals surface area (Å²) in [5.74, 6) is -1.05. The van der Waals surface area contributed by atoms with Gasteiger partial charge in [0.2, 0.25) is 0 Å². The third-order valence-corrected chi connectivity index (χ3v) is 1.21. The summed E-state index contributed by atoms with van der Waals surface area (Å²) < 4.78 is 0. The third kappa shape index (κ3) is 2.54. The van der Waals surface area contributed by atoms with E-state index in [4.69, 9.17) is 15.3 Å². The van der Waals surface area contributed by atoms with Gasteiger partial charge in [0.1, 0.15) is 0 Å². The van der Waals surface area contributed by atoms with Gasteiger partial charge in [0.05, 0.1) is 0 Å². The van der Waals surface area contributed by atoms with E-state index in [-0.39, 0.29) is 11.5 Å². The van der Waals surface area contributed by atoms with Crippen LogP contribution in [0.15, 0.2) is 12.1 Å². The number of aryl methyl sites for hydroxylation is 1. The second-order valence-electron chi connectivity index (χ2n) is 2.15. The number of hydrogen-bond donors (Lipinski definition) is 4. The molecule has 0 amide bonds.